The lowest BCUT2D eigenvalue weighted by Crippen LogP contribution is -2.60. The highest BCUT2D eigenvalue weighted by atomic mass is 35.5. The minimum absolute atomic E-state index is 0.0211. The first-order chi connectivity index (χ1) is 17.5. The number of benzene rings is 2. The van der Waals surface area contributed by atoms with Crippen molar-refractivity contribution in [1.82, 2.24) is 10.2 Å². The molecule has 2 atom stereocenters. The molecule has 2 amide bonds. The van der Waals surface area contributed by atoms with Gasteiger partial charge in [-0.3, -0.25) is 9.59 Å². The van der Waals surface area contributed by atoms with Crippen LogP contribution in [0, 0.1) is 5.41 Å². The number of rotatable bonds is 5. The van der Waals surface area contributed by atoms with E-state index in [9.17, 15) is 22.8 Å². The van der Waals surface area contributed by atoms with Crippen LogP contribution in [0.2, 0.25) is 10.0 Å². The van der Waals surface area contributed by atoms with Crippen LogP contribution in [-0.2, 0) is 19.9 Å². The Bertz CT molecular complexity index is 1160. The minimum atomic E-state index is -5.09. The van der Waals surface area contributed by atoms with E-state index in [0.717, 1.165) is 29.7 Å². The fourth-order valence-corrected chi connectivity index (χ4v) is 6.25. The summed E-state index contributed by atoms with van der Waals surface area (Å²) in [6, 6.07) is 10.9. The third-order valence-electron chi connectivity index (χ3n) is 7.59. The molecule has 2 fully saturated rings. The van der Waals surface area contributed by atoms with Crippen LogP contribution in [0.25, 0.3) is 0 Å². The van der Waals surface area contributed by atoms with Gasteiger partial charge >= 0.3 is 6.18 Å². The SMILES string of the molecule is COc1ccccc1[C@@H]1CNC(=O)CC12CCN(C(=O)[C@](OC)(c1cc(Cl)cc(Cl)c1)C(F)(F)F)CC2. The second kappa shape index (κ2) is 10.3. The lowest BCUT2D eigenvalue weighted by molar-refractivity contribution is -0.271. The Kier molecular flexibility index (Phi) is 7.70. The average molecular weight is 559 g/mol. The summed E-state index contributed by atoms with van der Waals surface area (Å²) in [4.78, 5) is 27.2. The summed E-state index contributed by atoms with van der Waals surface area (Å²) >= 11 is 12.0. The normalized spacial score (nSPS) is 21.3. The van der Waals surface area contributed by atoms with Gasteiger partial charge in [-0.15, -0.1) is 0 Å². The van der Waals surface area contributed by atoms with Gasteiger partial charge in [-0.1, -0.05) is 41.4 Å². The smallest absolute Gasteiger partial charge is 0.430 e. The van der Waals surface area contributed by atoms with Gasteiger partial charge in [0.1, 0.15) is 5.75 Å². The molecule has 6 nitrogen and oxygen atoms in total. The molecule has 11 heteroatoms. The quantitative estimate of drug-likeness (QED) is 0.539. The fraction of sp³-hybridized carbons (Fsp3) is 0.462. The maximum Gasteiger partial charge on any atom is 0.430 e. The number of amides is 2. The molecule has 0 unspecified atom stereocenters. The Hall–Kier alpha value is -2.49. The van der Waals surface area contributed by atoms with E-state index in [-0.39, 0.29) is 41.4 Å². The third kappa shape index (κ3) is 4.89. The van der Waals surface area contributed by atoms with Crippen LogP contribution in [0.3, 0.4) is 0 Å². The highest BCUT2D eigenvalue weighted by Gasteiger charge is 2.64. The molecule has 2 aliphatic rings. The summed E-state index contributed by atoms with van der Waals surface area (Å²) in [5, 5.41) is 2.80. The number of carbonyl (C=O) groups excluding carboxylic acids is 2. The molecular formula is C26H27Cl2F3N2O4. The number of likely N-dealkylation sites (tertiary alicyclic amines) is 1. The van der Waals surface area contributed by atoms with Gasteiger partial charge in [0, 0.05) is 54.7 Å². The molecular weight excluding hydrogens is 532 g/mol. The number of ether oxygens (including phenoxy) is 2. The Morgan fingerprint density at radius 2 is 1.70 bits per heavy atom. The van der Waals surface area contributed by atoms with Gasteiger partial charge in [0.15, 0.2) is 0 Å². The number of nitrogens with zero attached hydrogens (tertiary/aromatic N) is 1. The first kappa shape index (κ1) is 27.5. The van der Waals surface area contributed by atoms with Gasteiger partial charge in [0.25, 0.3) is 11.5 Å². The molecule has 0 aliphatic carbocycles. The highest BCUT2D eigenvalue weighted by Crippen LogP contribution is 2.52. The number of hydrogen-bond acceptors (Lipinski definition) is 4. The monoisotopic (exact) mass is 558 g/mol. The highest BCUT2D eigenvalue weighted by molar-refractivity contribution is 6.34. The number of hydrogen-bond donors (Lipinski definition) is 1. The van der Waals surface area contributed by atoms with Gasteiger partial charge in [0.2, 0.25) is 5.91 Å². The summed E-state index contributed by atoms with van der Waals surface area (Å²) in [6.07, 6.45) is -4.21. The van der Waals surface area contributed by atoms with Crippen LogP contribution in [0.15, 0.2) is 42.5 Å². The topological polar surface area (TPSA) is 67.9 Å². The number of halogens is 5. The van der Waals surface area contributed by atoms with Crippen LogP contribution in [-0.4, -0.2) is 56.7 Å². The molecule has 4 rings (SSSR count). The molecule has 0 saturated carbocycles. The molecule has 2 saturated heterocycles. The number of alkyl halides is 3. The standard InChI is InChI=1S/C26H27Cl2F3N2O4/c1-36-21-6-4-3-5-19(21)20-15-32-22(34)14-24(20)7-9-33(10-8-24)23(35)25(37-2,26(29,30)31)16-11-17(27)13-18(28)12-16/h3-6,11-13,20H,7-10,14-15H2,1-2H3,(H,32,34)/t20-,25+/m0/s1. The van der Waals surface area contributed by atoms with Crippen molar-refractivity contribution in [3.8, 4) is 5.75 Å². The van der Waals surface area contributed by atoms with Gasteiger partial charge in [-0.05, 0) is 48.1 Å². The number of methoxy groups -OCH3 is 2. The number of nitrogens with one attached hydrogen (secondary N) is 1. The molecule has 2 heterocycles. The van der Waals surface area contributed by atoms with Gasteiger partial charge in [-0.25, -0.2) is 0 Å². The summed E-state index contributed by atoms with van der Waals surface area (Å²) in [5.74, 6) is -0.819. The zero-order valence-corrected chi connectivity index (χ0v) is 21.8. The first-order valence-electron chi connectivity index (χ1n) is 11.7. The van der Waals surface area contributed by atoms with E-state index in [1.54, 1.807) is 7.11 Å². The van der Waals surface area contributed by atoms with Crippen LogP contribution >= 0.6 is 23.2 Å². The number of carbonyl (C=O) groups is 2. The van der Waals surface area contributed by atoms with Crippen molar-refractivity contribution in [3.05, 3.63) is 63.6 Å². The van der Waals surface area contributed by atoms with Crippen LogP contribution < -0.4 is 10.1 Å². The van der Waals surface area contributed by atoms with Gasteiger partial charge in [0.05, 0.1) is 7.11 Å². The first-order valence-corrected chi connectivity index (χ1v) is 12.5. The lowest BCUT2D eigenvalue weighted by Gasteiger charge is -2.50. The predicted molar refractivity (Wildman–Crippen MR) is 133 cm³/mol. The second-order valence-electron chi connectivity index (χ2n) is 9.47. The van der Waals surface area contributed by atoms with Gasteiger partial charge < -0.3 is 19.7 Å². The van der Waals surface area contributed by atoms with Crippen molar-refractivity contribution in [2.45, 2.75) is 37.0 Å². The second-order valence-corrected chi connectivity index (χ2v) is 10.3. The Morgan fingerprint density at radius 3 is 2.27 bits per heavy atom. The van der Waals surface area contributed by atoms with Crippen molar-refractivity contribution < 1.29 is 32.2 Å². The van der Waals surface area contributed by atoms with Crippen molar-refractivity contribution in [2.75, 3.05) is 33.9 Å². The third-order valence-corrected chi connectivity index (χ3v) is 8.03. The molecule has 2 aromatic carbocycles. The molecule has 37 heavy (non-hydrogen) atoms. The molecule has 0 radical (unpaired) electrons. The molecule has 1 spiro atoms. The average Bonchev–Trinajstić information content (AvgIpc) is 2.84. The summed E-state index contributed by atoms with van der Waals surface area (Å²) < 4.78 is 54.2. The summed E-state index contributed by atoms with van der Waals surface area (Å²) in [5.41, 5.74) is -3.40. The Balaban J connectivity index is 1.66. The molecule has 2 aliphatic heterocycles. The molecule has 0 aromatic heterocycles. The summed E-state index contributed by atoms with van der Waals surface area (Å²) in [6.45, 7) is 0.416. The van der Waals surface area contributed by atoms with Gasteiger partial charge in [-0.2, -0.15) is 13.2 Å². The van der Waals surface area contributed by atoms with E-state index in [0.29, 0.717) is 25.1 Å². The van der Waals surface area contributed by atoms with E-state index in [2.05, 4.69) is 5.32 Å². The van der Waals surface area contributed by atoms with Crippen molar-refractivity contribution in [1.29, 1.82) is 0 Å². The van der Waals surface area contributed by atoms with E-state index in [4.69, 9.17) is 32.7 Å². The zero-order valence-electron chi connectivity index (χ0n) is 20.3. The van der Waals surface area contributed by atoms with E-state index in [1.807, 2.05) is 24.3 Å². The van der Waals surface area contributed by atoms with Crippen LogP contribution in [0.1, 0.15) is 36.3 Å². The van der Waals surface area contributed by atoms with Crippen LogP contribution in [0.5, 0.6) is 5.75 Å². The van der Waals surface area contributed by atoms with Crippen molar-refractivity contribution >= 4 is 35.0 Å². The van der Waals surface area contributed by atoms with E-state index < -0.39 is 28.7 Å². The summed E-state index contributed by atoms with van der Waals surface area (Å²) in [7, 11) is 2.41. The Labute approximate surface area is 223 Å². The Morgan fingerprint density at radius 1 is 1.08 bits per heavy atom. The van der Waals surface area contributed by atoms with Crippen molar-refractivity contribution in [2.24, 2.45) is 5.41 Å². The fourth-order valence-electron chi connectivity index (χ4n) is 5.72. The predicted octanol–water partition coefficient (Wildman–Crippen LogP) is 5.32. The minimum Gasteiger partial charge on any atom is -0.496 e. The van der Waals surface area contributed by atoms with Crippen molar-refractivity contribution in [3.63, 3.8) is 0 Å². The number of piperidine rings is 2. The van der Waals surface area contributed by atoms with E-state index in [1.165, 1.54) is 6.07 Å². The van der Waals surface area contributed by atoms with Crippen LogP contribution in [0.4, 0.5) is 13.2 Å². The molecule has 0 bridgehead atoms. The van der Waals surface area contributed by atoms with E-state index >= 15 is 0 Å². The molecule has 2 aromatic rings. The maximum atomic E-state index is 14.6. The zero-order chi connectivity index (χ0) is 27.0. The lowest BCUT2D eigenvalue weighted by atomic mass is 9.62. The molecule has 200 valence electrons. The maximum absolute atomic E-state index is 14.6. The molecule has 1 N–H and O–H groups in total. The largest absolute Gasteiger partial charge is 0.496 e. The number of para-hydroxylation sites is 1.